The molecule has 1 aromatic carbocycles. The Morgan fingerprint density at radius 1 is 1.35 bits per heavy atom. The molecule has 0 saturated carbocycles. The molecule has 0 spiro atoms. The lowest BCUT2D eigenvalue weighted by Gasteiger charge is -2.55. The van der Waals surface area contributed by atoms with Gasteiger partial charge in [-0.05, 0) is 35.6 Å². The maximum atomic E-state index is 10.7. The van der Waals surface area contributed by atoms with Crippen molar-refractivity contribution in [3.63, 3.8) is 0 Å². The predicted octanol–water partition coefficient (Wildman–Crippen LogP) is 3.47. The highest BCUT2D eigenvalue weighted by Gasteiger charge is 2.36. The van der Waals surface area contributed by atoms with Crippen LogP contribution in [0.3, 0.4) is 0 Å². The van der Waals surface area contributed by atoms with Crippen LogP contribution >= 0.6 is 11.0 Å². The first-order chi connectivity index (χ1) is 11.0. The highest BCUT2D eigenvalue weighted by Crippen LogP contribution is 2.52. The molecule has 1 unspecified atom stereocenters. The summed E-state index contributed by atoms with van der Waals surface area (Å²) in [6.07, 6.45) is 1.60. The van der Waals surface area contributed by atoms with Crippen molar-refractivity contribution in [2.45, 2.75) is 13.8 Å². The number of nitrogens with zero attached hydrogens (tertiary/aromatic N) is 4. The quantitative estimate of drug-likeness (QED) is 0.876. The zero-order valence-electron chi connectivity index (χ0n) is 13.2. The van der Waals surface area contributed by atoms with Crippen molar-refractivity contribution in [3.8, 4) is 6.07 Å². The lowest BCUT2D eigenvalue weighted by molar-refractivity contribution is 0.295. The molecule has 1 aliphatic rings. The molecule has 6 nitrogen and oxygen atoms in total. The van der Waals surface area contributed by atoms with Gasteiger partial charge in [0.2, 0.25) is 0 Å². The molecule has 3 rings (SSSR count). The van der Waals surface area contributed by atoms with E-state index < -0.39 is 11.0 Å². The van der Waals surface area contributed by atoms with Gasteiger partial charge in [-0.25, -0.2) is 4.98 Å². The molecular formula is C16H20N4O2S. The van der Waals surface area contributed by atoms with Crippen molar-refractivity contribution in [1.29, 1.82) is 5.26 Å². The Morgan fingerprint density at radius 3 is 2.83 bits per heavy atom. The van der Waals surface area contributed by atoms with Crippen molar-refractivity contribution >= 4 is 27.4 Å². The van der Waals surface area contributed by atoms with Gasteiger partial charge in [-0.1, -0.05) is 24.8 Å². The van der Waals surface area contributed by atoms with Crippen molar-refractivity contribution in [2.24, 2.45) is 5.92 Å². The second kappa shape index (κ2) is 5.98. The van der Waals surface area contributed by atoms with E-state index in [1.807, 2.05) is 31.2 Å². The van der Waals surface area contributed by atoms with Gasteiger partial charge in [-0.2, -0.15) is 9.57 Å². The minimum absolute atomic E-state index is 0.331. The molecule has 2 heterocycles. The number of hydrogen-bond donors (Lipinski definition) is 2. The van der Waals surface area contributed by atoms with Crippen molar-refractivity contribution < 1.29 is 9.11 Å². The van der Waals surface area contributed by atoms with Crippen LogP contribution in [-0.2, 0) is 0 Å². The fraction of sp³-hybridized carbons (Fsp3) is 0.375. The molecular weight excluding hydrogens is 312 g/mol. The fourth-order valence-electron chi connectivity index (χ4n) is 2.99. The monoisotopic (exact) mass is 332 g/mol. The summed E-state index contributed by atoms with van der Waals surface area (Å²) in [5.41, 5.74) is 1.13. The highest BCUT2D eigenvalue weighted by atomic mass is 32.3. The van der Waals surface area contributed by atoms with Gasteiger partial charge in [-0.15, -0.1) is 0 Å². The zero-order valence-corrected chi connectivity index (χ0v) is 14.0. The summed E-state index contributed by atoms with van der Waals surface area (Å²) < 4.78 is 24.7. The average molecular weight is 332 g/mol. The first-order valence-electron chi connectivity index (χ1n) is 7.57. The molecule has 122 valence electrons. The summed E-state index contributed by atoms with van der Waals surface area (Å²) in [6, 6.07) is 9.44. The smallest absolute Gasteiger partial charge is 0.148 e. The molecule has 0 aliphatic carbocycles. The van der Waals surface area contributed by atoms with Gasteiger partial charge < -0.3 is 0 Å². The fourth-order valence-corrected chi connectivity index (χ4v) is 4.92. The summed E-state index contributed by atoms with van der Waals surface area (Å²) in [6.45, 7) is 5.87. The molecule has 0 bridgehead atoms. The number of hydrogen-bond acceptors (Lipinski definition) is 6. The zero-order chi connectivity index (χ0) is 16.6. The molecule has 0 radical (unpaired) electrons. The normalized spacial score (nSPS) is 22.7. The lowest BCUT2D eigenvalue weighted by atomic mass is 10.1. The second-order valence-electron chi connectivity index (χ2n) is 5.81. The average Bonchev–Trinajstić information content (AvgIpc) is 2.55. The Morgan fingerprint density at radius 2 is 2.13 bits per heavy atom. The minimum Gasteiger partial charge on any atom is -0.268 e. The Kier molecular flexibility index (Phi) is 4.17. The van der Waals surface area contributed by atoms with E-state index in [0.717, 1.165) is 16.5 Å². The van der Waals surface area contributed by atoms with Crippen molar-refractivity contribution in [1.82, 2.24) is 9.29 Å². The predicted molar refractivity (Wildman–Crippen MR) is 93.1 cm³/mol. The number of pyridine rings is 1. The van der Waals surface area contributed by atoms with E-state index in [4.69, 9.17) is 5.26 Å². The Bertz CT molecular complexity index is 774. The number of rotatable bonds is 2. The summed E-state index contributed by atoms with van der Waals surface area (Å²) in [4.78, 5) is 4.06. The second-order valence-corrected chi connectivity index (χ2v) is 7.75. The molecule has 1 atom stereocenters. The Balaban J connectivity index is 2.07. The first-order valence-corrected chi connectivity index (χ1v) is 9.03. The standard InChI is InChI=1S/C16H20N4O2S/c1-3-19-10-12(2)11-20(23(19,21)22)14-4-5-15-13(8-14)6-7-18-16(15)9-17/h4-8,12,21-22H,3,10-11H2,1-2H3. The van der Waals surface area contributed by atoms with E-state index in [0.29, 0.717) is 31.2 Å². The van der Waals surface area contributed by atoms with E-state index in [1.54, 1.807) is 14.8 Å². The molecule has 2 N–H and O–H groups in total. The van der Waals surface area contributed by atoms with Gasteiger partial charge in [0.15, 0.2) is 0 Å². The minimum atomic E-state index is -3.00. The van der Waals surface area contributed by atoms with Gasteiger partial charge in [0.1, 0.15) is 11.8 Å². The van der Waals surface area contributed by atoms with Crippen LogP contribution in [0.5, 0.6) is 0 Å². The maximum Gasteiger partial charge on any atom is 0.148 e. The molecule has 1 aromatic heterocycles. The van der Waals surface area contributed by atoms with Crippen LogP contribution in [0.2, 0.25) is 0 Å². The summed E-state index contributed by atoms with van der Waals surface area (Å²) in [5, 5.41) is 10.8. The summed E-state index contributed by atoms with van der Waals surface area (Å²) >= 11 is 0. The van der Waals surface area contributed by atoms with Gasteiger partial charge in [0.25, 0.3) is 0 Å². The number of fused-ring (bicyclic) bond motifs is 1. The number of nitriles is 1. The SMILES string of the molecule is CCN1CC(C)CN(c2ccc3c(C#N)nccc3c2)S1(O)O. The van der Waals surface area contributed by atoms with Crippen LogP contribution in [0.25, 0.3) is 10.8 Å². The number of aromatic nitrogens is 1. The Hall–Kier alpha value is -1.85. The summed E-state index contributed by atoms with van der Waals surface area (Å²) in [5.74, 6) is 0.331. The third-order valence-corrected chi connectivity index (χ3v) is 6.18. The Labute approximate surface area is 137 Å². The van der Waals surface area contributed by atoms with Crippen molar-refractivity contribution in [2.75, 3.05) is 23.9 Å². The van der Waals surface area contributed by atoms with Crippen LogP contribution in [0.15, 0.2) is 30.5 Å². The van der Waals surface area contributed by atoms with Gasteiger partial charge in [0, 0.05) is 31.2 Å². The van der Waals surface area contributed by atoms with Crippen LogP contribution in [-0.4, -0.2) is 38.0 Å². The van der Waals surface area contributed by atoms with Crippen LogP contribution in [0, 0.1) is 17.2 Å². The van der Waals surface area contributed by atoms with Crippen LogP contribution in [0.1, 0.15) is 19.5 Å². The van der Waals surface area contributed by atoms with Gasteiger partial charge >= 0.3 is 0 Å². The molecule has 2 aromatic rings. The van der Waals surface area contributed by atoms with E-state index in [1.165, 1.54) is 0 Å². The lowest BCUT2D eigenvalue weighted by Crippen LogP contribution is -2.49. The van der Waals surface area contributed by atoms with E-state index >= 15 is 0 Å². The van der Waals surface area contributed by atoms with E-state index in [9.17, 15) is 9.11 Å². The number of anilines is 1. The van der Waals surface area contributed by atoms with Crippen LogP contribution < -0.4 is 4.31 Å². The largest absolute Gasteiger partial charge is 0.268 e. The number of benzene rings is 1. The molecule has 1 fully saturated rings. The van der Waals surface area contributed by atoms with E-state index in [2.05, 4.69) is 18.0 Å². The molecule has 0 amide bonds. The maximum absolute atomic E-state index is 10.7. The van der Waals surface area contributed by atoms with Crippen molar-refractivity contribution in [3.05, 3.63) is 36.2 Å². The highest BCUT2D eigenvalue weighted by molar-refractivity contribution is 8.23. The third kappa shape index (κ3) is 2.75. The molecule has 1 aliphatic heterocycles. The summed E-state index contributed by atoms with van der Waals surface area (Å²) in [7, 11) is -3.00. The van der Waals surface area contributed by atoms with Gasteiger partial charge in [0.05, 0.1) is 5.69 Å². The third-order valence-electron chi connectivity index (χ3n) is 4.13. The van der Waals surface area contributed by atoms with Crippen LogP contribution in [0.4, 0.5) is 5.69 Å². The first kappa shape index (κ1) is 16.0. The van der Waals surface area contributed by atoms with E-state index in [-0.39, 0.29) is 0 Å². The van der Waals surface area contributed by atoms with Gasteiger partial charge in [-0.3, -0.25) is 13.4 Å². The molecule has 23 heavy (non-hydrogen) atoms. The topological polar surface area (TPSA) is 83.6 Å². The molecule has 1 saturated heterocycles. The molecule has 7 heteroatoms.